The van der Waals surface area contributed by atoms with E-state index < -0.39 is 5.41 Å². The lowest BCUT2D eigenvalue weighted by molar-refractivity contribution is -0.120. The van der Waals surface area contributed by atoms with Crippen molar-refractivity contribution >= 4 is 11.6 Å². The number of methoxy groups -OCH3 is 1. The van der Waals surface area contributed by atoms with Gasteiger partial charge in [0.05, 0.1) is 24.8 Å². The van der Waals surface area contributed by atoms with Crippen LogP contribution < -0.4 is 14.8 Å². The maximum Gasteiger partial charge on any atom is 0.234 e. The Bertz CT molecular complexity index is 695. The Balaban J connectivity index is 2.26. The van der Waals surface area contributed by atoms with E-state index in [2.05, 4.69) is 5.32 Å². The monoisotopic (exact) mass is 327 g/mol. The molecule has 1 amide bonds. The van der Waals surface area contributed by atoms with Crippen molar-refractivity contribution in [2.75, 3.05) is 19.0 Å². The number of carbonyl (C=O) groups excluding carboxylic acids is 1. The SMILES string of the molecule is CCCOc1ccccc1NC(=O)C(C)(C)c1ccccc1OC. The van der Waals surface area contributed by atoms with E-state index in [0.29, 0.717) is 23.8 Å². The van der Waals surface area contributed by atoms with Gasteiger partial charge in [-0.25, -0.2) is 0 Å². The van der Waals surface area contributed by atoms with Gasteiger partial charge in [-0.05, 0) is 38.5 Å². The number of para-hydroxylation sites is 3. The number of anilines is 1. The van der Waals surface area contributed by atoms with Crippen molar-refractivity contribution in [1.82, 2.24) is 0 Å². The first-order valence-corrected chi connectivity index (χ1v) is 8.17. The average molecular weight is 327 g/mol. The summed E-state index contributed by atoms with van der Waals surface area (Å²) in [5, 5.41) is 2.99. The zero-order chi connectivity index (χ0) is 17.6. The van der Waals surface area contributed by atoms with Crippen molar-refractivity contribution in [3.8, 4) is 11.5 Å². The van der Waals surface area contributed by atoms with Gasteiger partial charge >= 0.3 is 0 Å². The molecule has 0 saturated heterocycles. The normalized spacial score (nSPS) is 11.0. The molecule has 0 radical (unpaired) electrons. The molecule has 2 aromatic carbocycles. The molecule has 0 aromatic heterocycles. The lowest BCUT2D eigenvalue weighted by Crippen LogP contribution is -2.35. The van der Waals surface area contributed by atoms with Gasteiger partial charge in [0, 0.05) is 5.56 Å². The van der Waals surface area contributed by atoms with Crippen molar-refractivity contribution < 1.29 is 14.3 Å². The Morgan fingerprint density at radius 3 is 2.33 bits per heavy atom. The molecule has 4 nitrogen and oxygen atoms in total. The molecule has 0 aliphatic heterocycles. The predicted molar refractivity (Wildman–Crippen MR) is 96.9 cm³/mol. The fraction of sp³-hybridized carbons (Fsp3) is 0.350. The molecule has 0 fully saturated rings. The highest BCUT2D eigenvalue weighted by Crippen LogP contribution is 2.33. The van der Waals surface area contributed by atoms with Gasteiger partial charge in [0.25, 0.3) is 0 Å². The average Bonchev–Trinajstić information content (AvgIpc) is 2.60. The van der Waals surface area contributed by atoms with Gasteiger partial charge in [0.2, 0.25) is 5.91 Å². The van der Waals surface area contributed by atoms with Crippen LogP contribution in [-0.4, -0.2) is 19.6 Å². The molecule has 0 heterocycles. The van der Waals surface area contributed by atoms with Crippen molar-refractivity contribution in [1.29, 1.82) is 0 Å². The highest BCUT2D eigenvalue weighted by molar-refractivity contribution is 6.00. The van der Waals surface area contributed by atoms with Crippen molar-refractivity contribution in [2.45, 2.75) is 32.6 Å². The van der Waals surface area contributed by atoms with Crippen LogP contribution in [0.15, 0.2) is 48.5 Å². The Morgan fingerprint density at radius 1 is 1.04 bits per heavy atom. The van der Waals surface area contributed by atoms with Crippen LogP contribution in [0.25, 0.3) is 0 Å². The van der Waals surface area contributed by atoms with E-state index in [-0.39, 0.29) is 5.91 Å². The number of benzene rings is 2. The molecular weight excluding hydrogens is 302 g/mol. The van der Waals surface area contributed by atoms with Crippen LogP contribution >= 0.6 is 0 Å². The maximum atomic E-state index is 12.9. The summed E-state index contributed by atoms with van der Waals surface area (Å²) in [5.41, 5.74) is 0.778. The van der Waals surface area contributed by atoms with Crippen LogP contribution in [0.5, 0.6) is 11.5 Å². The van der Waals surface area contributed by atoms with Crippen LogP contribution in [0.2, 0.25) is 0 Å². The van der Waals surface area contributed by atoms with Gasteiger partial charge in [0.1, 0.15) is 11.5 Å². The summed E-state index contributed by atoms with van der Waals surface area (Å²) < 4.78 is 11.1. The zero-order valence-corrected chi connectivity index (χ0v) is 14.8. The zero-order valence-electron chi connectivity index (χ0n) is 14.8. The molecule has 128 valence electrons. The van der Waals surface area contributed by atoms with Crippen LogP contribution in [0.1, 0.15) is 32.8 Å². The summed E-state index contributed by atoms with van der Waals surface area (Å²) in [5.74, 6) is 1.27. The highest BCUT2D eigenvalue weighted by atomic mass is 16.5. The fourth-order valence-electron chi connectivity index (χ4n) is 2.47. The third-order valence-corrected chi connectivity index (χ3v) is 3.94. The molecule has 0 aliphatic rings. The fourth-order valence-corrected chi connectivity index (χ4v) is 2.47. The number of hydrogen-bond acceptors (Lipinski definition) is 3. The standard InChI is InChI=1S/C20H25NO3/c1-5-14-24-18-13-9-7-11-16(18)21-19(22)20(2,3)15-10-6-8-12-17(15)23-4/h6-13H,5,14H2,1-4H3,(H,21,22). The Hall–Kier alpha value is -2.49. The van der Waals surface area contributed by atoms with Gasteiger partial charge < -0.3 is 14.8 Å². The van der Waals surface area contributed by atoms with Crippen LogP contribution in [0.3, 0.4) is 0 Å². The van der Waals surface area contributed by atoms with Crippen LogP contribution in [-0.2, 0) is 10.2 Å². The maximum absolute atomic E-state index is 12.9. The molecule has 2 rings (SSSR count). The van der Waals surface area contributed by atoms with E-state index in [1.165, 1.54) is 0 Å². The quantitative estimate of drug-likeness (QED) is 0.820. The predicted octanol–water partition coefficient (Wildman–Crippen LogP) is 4.40. The lowest BCUT2D eigenvalue weighted by Gasteiger charge is -2.26. The summed E-state index contributed by atoms with van der Waals surface area (Å²) in [6, 6.07) is 15.1. The second kappa shape index (κ2) is 7.86. The Kier molecular flexibility index (Phi) is 5.85. The summed E-state index contributed by atoms with van der Waals surface area (Å²) in [4.78, 5) is 12.9. The van der Waals surface area contributed by atoms with Crippen molar-refractivity contribution in [2.24, 2.45) is 0 Å². The smallest absolute Gasteiger partial charge is 0.234 e. The van der Waals surface area contributed by atoms with E-state index in [9.17, 15) is 4.79 Å². The van der Waals surface area contributed by atoms with E-state index >= 15 is 0 Å². The topological polar surface area (TPSA) is 47.6 Å². The third-order valence-electron chi connectivity index (χ3n) is 3.94. The lowest BCUT2D eigenvalue weighted by atomic mass is 9.83. The van der Waals surface area contributed by atoms with E-state index in [4.69, 9.17) is 9.47 Å². The molecule has 0 saturated carbocycles. The number of hydrogen-bond donors (Lipinski definition) is 1. The molecule has 0 atom stereocenters. The molecule has 0 bridgehead atoms. The van der Waals surface area contributed by atoms with E-state index in [1.807, 2.05) is 69.3 Å². The number of amides is 1. The second-order valence-electron chi connectivity index (χ2n) is 6.12. The van der Waals surface area contributed by atoms with Crippen LogP contribution in [0.4, 0.5) is 5.69 Å². The Morgan fingerprint density at radius 2 is 1.67 bits per heavy atom. The first kappa shape index (κ1) is 17.9. The van der Waals surface area contributed by atoms with Gasteiger partial charge in [-0.1, -0.05) is 37.3 Å². The minimum absolute atomic E-state index is 0.112. The first-order valence-electron chi connectivity index (χ1n) is 8.17. The third kappa shape index (κ3) is 3.88. The summed E-state index contributed by atoms with van der Waals surface area (Å²) in [6.07, 6.45) is 0.912. The molecule has 0 unspecified atom stereocenters. The summed E-state index contributed by atoms with van der Waals surface area (Å²) in [7, 11) is 1.61. The van der Waals surface area contributed by atoms with Crippen molar-refractivity contribution in [3.63, 3.8) is 0 Å². The molecule has 2 aromatic rings. The molecule has 24 heavy (non-hydrogen) atoms. The minimum atomic E-state index is -0.746. The van der Waals surface area contributed by atoms with Gasteiger partial charge in [-0.15, -0.1) is 0 Å². The summed E-state index contributed by atoms with van der Waals surface area (Å²) >= 11 is 0. The largest absolute Gasteiger partial charge is 0.496 e. The first-order chi connectivity index (χ1) is 11.5. The van der Waals surface area contributed by atoms with Gasteiger partial charge in [0.15, 0.2) is 0 Å². The minimum Gasteiger partial charge on any atom is -0.496 e. The molecule has 0 spiro atoms. The van der Waals surface area contributed by atoms with E-state index in [0.717, 1.165) is 12.0 Å². The number of nitrogens with one attached hydrogen (secondary N) is 1. The van der Waals surface area contributed by atoms with Gasteiger partial charge in [-0.2, -0.15) is 0 Å². The number of carbonyl (C=O) groups is 1. The van der Waals surface area contributed by atoms with Crippen LogP contribution in [0, 0.1) is 0 Å². The highest BCUT2D eigenvalue weighted by Gasteiger charge is 2.33. The molecule has 4 heteroatoms. The number of rotatable bonds is 7. The molecule has 0 aliphatic carbocycles. The number of ether oxygens (including phenoxy) is 2. The van der Waals surface area contributed by atoms with Crippen molar-refractivity contribution in [3.05, 3.63) is 54.1 Å². The second-order valence-corrected chi connectivity index (χ2v) is 6.12. The Labute approximate surface area is 143 Å². The van der Waals surface area contributed by atoms with Gasteiger partial charge in [-0.3, -0.25) is 4.79 Å². The molecular formula is C20H25NO3. The summed E-state index contributed by atoms with van der Waals surface area (Å²) in [6.45, 7) is 6.43. The van der Waals surface area contributed by atoms with E-state index in [1.54, 1.807) is 7.11 Å². The molecule has 1 N–H and O–H groups in total.